The van der Waals surface area contributed by atoms with Crippen molar-refractivity contribution in [3.05, 3.63) is 78.1 Å². The number of methoxy groups -OCH3 is 1. The van der Waals surface area contributed by atoms with Gasteiger partial charge in [-0.15, -0.1) is 10.2 Å². The van der Waals surface area contributed by atoms with Crippen LogP contribution in [-0.4, -0.2) is 38.5 Å². The molecule has 0 unspecified atom stereocenters. The number of alkyl halides is 6. The highest BCUT2D eigenvalue weighted by molar-refractivity contribution is 7.99. The first-order valence-corrected chi connectivity index (χ1v) is 11.7. The van der Waals surface area contributed by atoms with Gasteiger partial charge in [0.05, 0.1) is 24.0 Å². The van der Waals surface area contributed by atoms with Crippen LogP contribution in [0.1, 0.15) is 11.1 Å². The Labute approximate surface area is 215 Å². The third kappa shape index (κ3) is 6.25. The first kappa shape index (κ1) is 27.0. The SMILES string of the molecule is COc1ccc(-n2c(SCC(=O)Nc3cc(C(F)(F)F)cc(C(F)(F)F)c3)nnc2-c2cccnc2)cc1. The van der Waals surface area contributed by atoms with E-state index < -0.39 is 35.1 Å². The minimum absolute atomic E-state index is 0.0122. The molecule has 0 radical (unpaired) electrons. The molecule has 0 bridgehead atoms. The molecule has 0 aliphatic heterocycles. The number of rotatable bonds is 7. The molecular weight excluding hydrogens is 536 g/mol. The van der Waals surface area contributed by atoms with Crippen LogP contribution in [0, 0.1) is 0 Å². The van der Waals surface area contributed by atoms with Crippen LogP contribution in [-0.2, 0) is 17.1 Å². The summed E-state index contributed by atoms with van der Waals surface area (Å²) in [7, 11) is 1.51. The van der Waals surface area contributed by atoms with Gasteiger partial charge in [0.2, 0.25) is 5.91 Å². The molecule has 0 atom stereocenters. The zero-order valence-electron chi connectivity index (χ0n) is 19.3. The third-order valence-electron chi connectivity index (χ3n) is 5.09. The summed E-state index contributed by atoms with van der Waals surface area (Å²) >= 11 is 0.895. The maximum absolute atomic E-state index is 13.1. The lowest BCUT2D eigenvalue weighted by molar-refractivity contribution is -0.143. The number of nitrogens with zero attached hydrogens (tertiary/aromatic N) is 4. The van der Waals surface area contributed by atoms with Gasteiger partial charge in [-0.1, -0.05) is 11.8 Å². The maximum atomic E-state index is 13.1. The molecule has 4 rings (SSSR count). The van der Waals surface area contributed by atoms with Gasteiger partial charge in [0.25, 0.3) is 0 Å². The van der Waals surface area contributed by atoms with Crippen molar-refractivity contribution in [3.63, 3.8) is 0 Å². The predicted molar refractivity (Wildman–Crippen MR) is 127 cm³/mol. The number of hydrogen-bond acceptors (Lipinski definition) is 6. The number of benzene rings is 2. The van der Waals surface area contributed by atoms with Gasteiger partial charge >= 0.3 is 12.4 Å². The minimum Gasteiger partial charge on any atom is -0.497 e. The molecule has 2 aromatic heterocycles. The highest BCUT2D eigenvalue weighted by Crippen LogP contribution is 2.37. The van der Waals surface area contributed by atoms with Crippen molar-refractivity contribution in [2.45, 2.75) is 17.5 Å². The van der Waals surface area contributed by atoms with E-state index in [2.05, 4.69) is 20.5 Å². The fraction of sp³-hybridized carbons (Fsp3) is 0.167. The van der Waals surface area contributed by atoms with Crippen LogP contribution in [0.5, 0.6) is 5.75 Å². The summed E-state index contributed by atoms with van der Waals surface area (Å²) in [5, 5.41) is 10.7. The Hall–Kier alpha value is -4.07. The Balaban J connectivity index is 1.59. The van der Waals surface area contributed by atoms with Crippen LogP contribution in [0.15, 0.2) is 72.1 Å². The number of hydrogen-bond donors (Lipinski definition) is 1. The minimum atomic E-state index is -5.03. The first-order valence-electron chi connectivity index (χ1n) is 10.7. The molecule has 0 aliphatic rings. The molecule has 0 spiro atoms. The Morgan fingerprint density at radius 2 is 1.63 bits per heavy atom. The number of carbonyl (C=O) groups excluding carboxylic acids is 1. The number of anilines is 1. The Morgan fingerprint density at radius 1 is 0.974 bits per heavy atom. The van der Waals surface area contributed by atoms with E-state index in [1.54, 1.807) is 53.4 Å². The molecule has 2 aromatic carbocycles. The molecule has 1 N–H and O–H groups in total. The number of pyridine rings is 1. The summed E-state index contributed by atoms with van der Waals surface area (Å²) in [4.78, 5) is 16.6. The van der Waals surface area contributed by atoms with Crippen LogP contribution in [0.2, 0.25) is 0 Å². The molecule has 0 fully saturated rings. The van der Waals surface area contributed by atoms with Crippen LogP contribution in [0.3, 0.4) is 0 Å². The topological polar surface area (TPSA) is 81.9 Å². The van der Waals surface area contributed by atoms with Gasteiger partial charge < -0.3 is 10.1 Å². The van der Waals surface area contributed by atoms with Crippen molar-refractivity contribution >= 4 is 23.4 Å². The van der Waals surface area contributed by atoms with Crippen LogP contribution >= 0.6 is 11.8 Å². The monoisotopic (exact) mass is 553 g/mol. The summed E-state index contributed by atoms with van der Waals surface area (Å²) in [5.74, 6) is -0.218. The fourth-order valence-electron chi connectivity index (χ4n) is 3.36. The zero-order valence-corrected chi connectivity index (χ0v) is 20.2. The van der Waals surface area contributed by atoms with E-state index in [1.807, 2.05) is 0 Å². The average Bonchev–Trinajstić information content (AvgIpc) is 3.31. The molecule has 1 amide bonds. The quantitative estimate of drug-likeness (QED) is 0.220. The molecule has 14 heteroatoms. The lowest BCUT2D eigenvalue weighted by Crippen LogP contribution is -2.17. The number of halogens is 6. The van der Waals surface area contributed by atoms with Crippen molar-refractivity contribution in [3.8, 4) is 22.8 Å². The highest BCUT2D eigenvalue weighted by atomic mass is 32.2. The first-order chi connectivity index (χ1) is 18.0. The van der Waals surface area contributed by atoms with Gasteiger partial charge in [-0.25, -0.2) is 0 Å². The fourth-order valence-corrected chi connectivity index (χ4v) is 4.12. The molecule has 0 saturated carbocycles. The van der Waals surface area contributed by atoms with Crippen molar-refractivity contribution < 1.29 is 35.9 Å². The van der Waals surface area contributed by atoms with Gasteiger partial charge in [0, 0.05) is 29.3 Å². The van der Waals surface area contributed by atoms with Gasteiger partial charge in [0.1, 0.15) is 5.75 Å². The number of thioether (sulfide) groups is 1. The number of ether oxygens (including phenoxy) is 1. The number of amides is 1. The number of aromatic nitrogens is 4. The number of nitrogens with one attached hydrogen (secondary N) is 1. The molecule has 0 aliphatic carbocycles. The second kappa shape index (κ2) is 10.7. The summed E-state index contributed by atoms with van der Waals surface area (Å²) in [6.07, 6.45) is -6.92. The largest absolute Gasteiger partial charge is 0.497 e. The Kier molecular flexibility index (Phi) is 7.62. The molecule has 2 heterocycles. The summed E-state index contributed by atoms with van der Waals surface area (Å²) in [6.45, 7) is 0. The van der Waals surface area contributed by atoms with Gasteiger partial charge in [0.15, 0.2) is 11.0 Å². The van der Waals surface area contributed by atoms with Crippen LogP contribution in [0.4, 0.5) is 32.0 Å². The van der Waals surface area contributed by atoms with Gasteiger partial charge in [-0.3, -0.25) is 14.3 Å². The standard InChI is InChI=1S/C24H17F6N5O2S/c1-37-19-6-4-18(5-7-19)35-21(14-3-2-8-31-12-14)33-34-22(35)38-13-20(36)32-17-10-15(23(25,26)27)9-16(11-17)24(28,29)30/h2-12H,13H2,1H3,(H,32,36). The summed E-state index contributed by atoms with van der Waals surface area (Å²) < 4.78 is 85.6. The van der Waals surface area contributed by atoms with E-state index in [-0.39, 0.29) is 17.0 Å². The van der Waals surface area contributed by atoms with Crippen molar-refractivity contribution in [1.82, 2.24) is 19.7 Å². The van der Waals surface area contributed by atoms with Crippen molar-refractivity contribution in [2.24, 2.45) is 0 Å². The highest BCUT2D eigenvalue weighted by Gasteiger charge is 2.37. The third-order valence-corrected chi connectivity index (χ3v) is 6.02. The number of carbonyl (C=O) groups is 1. The van der Waals surface area contributed by atoms with Gasteiger partial charge in [-0.05, 0) is 54.6 Å². The van der Waals surface area contributed by atoms with E-state index in [9.17, 15) is 31.1 Å². The second-order valence-corrected chi connectivity index (χ2v) is 8.66. The lowest BCUT2D eigenvalue weighted by Gasteiger charge is -2.15. The van der Waals surface area contributed by atoms with E-state index in [4.69, 9.17) is 4.74 Å². The molecule has 38 heavy (non-hydrogen) atoms. The smallest absolute Gasteiger partial charge is 0.416 e. The Morgan fingerprint density at radius 3 is 2.18 bits per heavy atom. The Bertz CT molecular complexity index is 1390. The lowest BCUT2D eigenvalue weighted by atomic mass is 10.1. The van der Waals surface area contributed by atoms with Crippen LogP contribution < -0.4 is 10.1 Å². The molecular formula is C24H17F6N5O2S. The predicted octanol–water partition coefficient (Wildman–Crippen LogP) is 6.11. The van der Waals surface area contributed by atoms with Gasteiger partial charge in [-0.2, -0.15) is 26.3 Å². The molecule has 4 aromatic rings. The van der Waals surface area contributed by atoms with E-state index >= 15 is 0 Å². The van der Waals surface area contributed by atoms with E-state index in [0.717, 1.165) is 11.8 Å². The summed E-state index contributed by atoms with van der Waals surface area (Å²) in [6, 6.07) is 11.2. The maximum Gasteiger partial charge on any atom is 0.416 e. The van der Waals surface area contributed by atoms with E-state index in [1.165, 1.54) is 7.11 Å². The molecule has 7 nitrogen and oxygen atoms in total. The normalized spacial score (nSPS) is 11.9. The second-order valence-electron chi connectivity index (χ2n) is 7.71. The van der Waals surface area contributed by atoms with Crippen LogP contribution in [0.25, 0.3) is 17.1 Å². The molecule has 0 saturated heterocycles. The molecule has 198 valence electrons. The van der Waals surface area contributed by atoms with Crippen molar-refractivity contribution in [1.29, 1.82) is 0 Å². The summed E-state index contributed by atoms with van der Waals surface area (Å²) in [5.41, 5.74) is -2.46. The van der Waals surface area contributed by atoms with E-state index in [0.29, 0.717) is 35.0 Å². The zero-order chi connectivity index (χ0) is 27.5. The average molecular weight is 553 g/mol. The van der Waals surface area contributed by atoms with Crippen molar-refractivity contribution in [2.75, 3.05) is 18.2 Å².